The van der Waals surface area contributed by atoms with E-state index in [1.165, 1.54) is 17.0 Å². The van der Waals surface area contributed by atoms with Crippen LogP contribution in [0.25, 0.3) is 0 Å². The van der Waals surface area contributed by atoms with Crippen molar-refractivity contribution in [2.45, 2.75) is 25.8 Å². The van der Waals surface area contributed by atoms with Gasteiger partial charge in [-0.3, -0.25) is 24.2 Å². The van der Waals surface area contributed by atoms with Gasteiger partial charge in [0.1, 0.15) is 5.82 Å². The molecule has 6 nitrogen and oxygen atoms in total. The minimum atomic E-state index is -0.464. The van der Waals surface area contributed by atoms with E-state index < -0.39 is 5.82 Å². The standard InChI is InChI=1S/C20H23ClFN3O3/c21-16-5-4-13(9-17(16)22)10-23-11-14-15(12-23)20(28)25(19(14)27)8-2-7-24-6-1-3-18(24)26/h4-5,9,14-15H,1-3,6-8,10-12H2/t14-,15+. The molecule has 1 aromatic rings. The van der Waals surface area contributed by atoms with E-state index in [1.807, 2.05) is 4.90 Å². The molecule has 3 aliphatic rings. The Morgan fingerprint density at radius 3 is 2.39 bits per heavy atom. The molecule has 3 fully saturated rings. The Hall–Kier alpha value is -1.99. The number of nitrogens with zero attached hydrogens (tertiary/aromatic N) is 3. The lowest BCUT2D eigenvalue weighted by molar-refractivity contribution is -0.140. The van der Waals surface area contributed by atoms with E-state index in [4.69, 9.17) is 11.6 Å². The third-order valence-electron chi connectivity index (χ3n) is 5.93. The number of amides is 3. The Bertz CT molecular complexity index is 794. The third kappa shape index (κ3) is 3.65. The van der Waals surface area contributed by atoms with Gasteiger partial charge >= 0.3 is 0 Å². The molecule has 2 atom stereocenters. The average molecular weight is 408 g/mol. The van der Waals surface area contributed by atoms with Gasteiger partial charge in [0.25, 0.3) is 0 Å². The van der Waals surface area contributed by atoms with Gasteiger partial charge in [-0.25, -0.2) is 4.39 Å². The Morgan fingerprint density at radius 2 is 1.79 bits per heavy atom. The highest BCUT2D eigenvalue weighted by Crippen LogP contribution is 2.34. The number of halogens is 2. The van der Waals surface area contributed by atoms with Crippen LogP contribution < -0.4 is 0 Å². The minimum Gasteiger partial charge on any atom is -0.343 e. The zero-order chi connectivity index (χ0) is 19.8. The minimum absolute atomic E-state index is 0.0821. The van der Waals surface area contributed by atoms with Gasteiger partial charge in [-0.05, 0) is 30.5 Å². The zero-order valence-electron chi connectivity index (χ0n) is 15.6. The van der Waals surface area contributed by atoms with Crippen LogP contribution in [0.2, 0.25) is 5.02 Å². The van der Waals surface area contributed by atoms with Crippen LogP contribution in [0.15, 0.2) is 18.2 Å². The summed E-state index contributed by atoms with van der Waals surface area (Å²) in [5.74, 6) is -1.19. The molecule has 3 aliphatic heterocycles. The van der Waals surface area contributed by atoms with Crippen molar-refractivity contribution in [2.24, 2.45) is 11.8 Å². The average Bonchev–Trinajstić information content (AvgIpc) is 3.32. The second kappa shape index (κ2) is 7.79. The summed E-state index contributed by atoms with van der Waals surface area (Å²) < 4.78 is 13.6. The van der Waals surface area contributed by atoms with Gasteiger partial charge in [0.05, 0.1) is 16.9 Å². The SMILES string of the molecule is O=C1CCCN1CCCN1C(=O)[C@H]2CN(Cc3ccc(Cl)c(F)c3)C[C@H]2C1=O. The van der Waals surface area contributed by atoms with E-state index in [-0.39, 0.29) is 34.6 Å². The van der Waals surface area contributed by atoms with Gasteiger partial charge in [0.15, 0.2) is 0 Å². The molecular formula is C20H23ClFN3O3. The summed E-state index contributed by atoms with van der Waals surface area (Å²) in [4.78, 5) is 42.3. The van der Waals surface area contributed by atoms with Crippen molar-refractivity contribution in [1.82, 2.24) is 14.7 Å². The smallest absolute Gasteiger partial charge is 0.234 e. The van der Waals surface area contributed by atoms with Gasteiger partial charge in [-0.15, -0.1) is 0 Å². The fraction of sp³-hybridized carbons (Fsp3) is 0.550. The molecule has 0 unspecified atom stereocenters. The highest BCUT2D eigenvalue weighted by molar-refractivity contribution is 6.30. The molecule has 0 N–H and O–H groups in total. The van der Waals surface area contributed by atoms with Crippen LogP contribution in [0.1, 0.15) is 24.8 Å². The maximum Gasteiger partial charge on any atom is 0.234 e. The lowest BCUT2D eigenvalue weighted by atomic mass is 10.00. The number of carbonyl (C=O) groups is 3. The predicted octanol–water partition coefficient (Wildman–Crippen LogP) is 1.91. The van der Waals surface area contributed by atoms with Gasteiger partial charge in [-0.2, -0.15) is 0 Å². The maximum atomic E-state index is 13.6. The highest BCUT2D eigenvalue weighted by atomic mass is 35.5. The molecule has 28 heavy (non-hydrogen) atoms. The van der Waals surface area contributed by atoms with Crippen molar-refractivity contribution in [3.05, 3.63) is 34.6 Å². The Labute approximate surface area is 168 Å². The molecule has 8 heteroatoms. The summed E-state index contributed by atoms with van der Waals surface area (Å²) in [6, 6.07) is 4.67. The molecule has 0 saturated carbocycles. The number of hydrogen-bond donors (Lipinski definition) is 0. The van der Waals surface area contributed by atoms with Crippen LogP contribution in [-0.4, -0.2) is 65.1 Å². The summed E-state index contributed by atoms with van der Waals surface area (Å²) in [6.45, 7) is 3.22. The Balaban J connectivity index is 1.31. The van der Waals surface area contributed by atoms with Crippen LogP contribution in [0.3, 0.4) is 0 Å². The summed E-state index contributed by atoms with van der Waals surface area (Å²) in [5, 5.41) is 0.0821. The number of carbonyl (C=O) groups excluding carboxylic acids is 3. The molecule has 1 aromatic carbocycles. The first-order valence-corrected chi connectivity index (χ1v) is 10.1. The van der Waals surface area contributed by atoms with Crippen molar-refractivity contribution in [3.63, 3.8) is 0 Å². The molecule has 150 valence electrons. The molecule has 0 bridgehead atoms. The Morgan fingerprint density at radius 1 is 1.07 bits per heavy atom. The molecule has 0 radical (unpaired) electrons. The van der Waals surface area contributed by atoms with Crippen molar-refractivity contribution < 1.29 is 18.8 Å². The first kappa shape index (κ1) is 19.3. The molecule has 0 aliphatic carbocycles. The molecule has 4 rings (SSSR count). The molecule has 0 spiro atoms. The van der Waals surface area contributed by atoms with Crippen molar-refractivity contribution in [2.75, 3.05) is 32.7 Å². The van der Waals surface area contributed by atoms with Gasteiger partial charge in [-0.1, -0.05) is 17.7 Å². The molecule has 3 heterocycles. The second-order valence-electron chi connectivity index (χ2n) is 7.82. The van der Waals surface area contributed by atoms with E-state index in [0.717, 1.165) is 18.5 Å². The van der Waals surface area contributed by atoms with Crippen LogP contribution in [-0.2, 0) is 20.9 Å². The first-order valence-electron chi connectivity index (χ1n) is 9.73. The van der Waals surface area contributed by atoms with E-state index in [9.17, 15) is 18.8 Å². The van der Waals surface area contributed by atoms with Crippen LogP contribution in [0.4, 0.5) is 4.39 Å². The summed E-state index contributed by atoms with van der Waals surface area (Å²) in [6.07, 6.45) is 2.10. The molecule has 3 saturated heterocycles. The number of benzene rings is 1. The largest absolute Gasteiger partial charge is 0.343 e. The fourth-order valence-electron chi connectivity index (χ4n) is 4.50. The van der Waals surface area contributed by atoms with Crippen molar-refractivity contribution in [3.8, 4) is 0 Å². The van der Waals surface area contributed by atoms with E-state index in [2.05, 4.69) is 0 Å². The number of imide groups is 1. The molecule has 3 amide bonds. The van der Waals surface area contributed by atoms with E-state index in [1.54, 1.807) is 11.0 Å². The maximum absolute atomic E-state index is 13.6. The van der Waals surface area contributed by atoms with Crippen molar-refractivity contribution >= 4 is 29.3 Å². The topological polar surface area (TPSA) is 60.9 Å². The number of fused-ring (bicyclic) bond motifs is 1. The lowest BCUT2D eigenvalue weighted by Crippen LogP contribution is -2.38. The predicted molar refractivity (Wildman–Crippen MR) is 101 cm³/mol. The Kier molecular flexibility index (Phi) is 5.38. The highest BCUT2D eigenvalue weighted by Gasteiger charge is 2.51. The number of hydrogen-bond acceptors (Lipinski definition) is 4. The fourth-order valence-corrected chi connectivity index (χ4v) is 4.62. The summed E-state index contributed by atoms with van der Waals surface area (Å²) in [5.41, 5.74) is 0.772. The van der Waals surface area contributed by atoms with Crippen molar-refractivity contribution in [1.29, 1.82) is 0 Å². The van der Waals surface area contributed by atoms with Crippen LogP contribution in [0, 0.1) is 17.7 Å². The quantitative estimate of drug-likeness (QED) is 0.676. The van der Waals surface area contributed by atoms with E-state index in [0.29, 0.717) is 45.6 Å². The first-order chi connectivity index (χ1) is 13.4. The second-order valence-corrected chi connectivity index (χ2v) is 8.23. The number of likely N-dealkylation sites (tertiary alicyclic amines) is 3. The zero-order valence-corrected chi connectivity index (χ0v) is 16.3. The van der Waals surface area contributed by atoms with Gasteiger partial charge < -0.3 is 4.90 Å². The van der Waals surface area contributed by atoms with Gasteiger partial charge in [0.2, 0.25) is 17.7 Å². The third-order valence-corrected chi connectivity index (χ3v) is 6.24. The van der Waals surface area contributed by atoms with Crippen LogP contribution >= 0.6 is 11.6 Å². The monoisotopic (exact) mass is 407 g/mol. The van der Waals surface area contributed by atoms with Gasteiger partial charge in [0, 0.05) is 45.7 Å². The van der Waals surface area contributed by atoms with E-state index >= 15 is 0 Å². The molecular weight excluding hydrogens is 385 g/mol. The van der Waals surface area contributed by atoms with Crippen LogP contribution in [0.5, 0.6) is 0 Å². The summed E-state index contributed by atoms with van der Waals surface area (Å²) >= 11 is 5.72. The normalized spacial score (nSPS) is 25.3. The summed E-state index contributed by atoms with van der Waals surface area (Å²) in [7, 11) is 0. The molecule has 0 aromatic heterocycles. The lowest BCUT2D eigenvalue weighted by Gasteiger charge is -2.22. The number of rotatable bonds is 6.